The van der Waals surface area contributed by atoms with E-state index in [9.17, 15) is 4.21 Å². The van der Waals surface area contributed by atoms with Crippen LogP contribution in [-0.2, 0) is 11.0 Å². The van der Waals surface area contributed by atoms with E-state index in [-0.39, 0.29) is 10.8 Å². The topological polar surface area (TPSA) is 29.1 Å². The summed E-state index contributed by atoms with van der Waals surface area (Å²) in [5, 5.41) is 0. The number of hydrogen-bond donors (Lipinski definition) is 1. The molecule has 0 aliphatic carbocycles. The Bertz CT molecular complexity index is 423. The summed E-state index contributed by atoms with van der Waals surface area (Å²) in [5.74, 6) is 0.564. The minimum Gasteiger partial charge on any atom is -0.242 e. The summed E-state index contributed by atoms with van der Waals surface area (Å²) in [6, 6.07) is 8.61. The molecule has 0 saturated carbocycles. The molecule has 0 heterocycles. The second-order valence-corrected chi connectivity index (χ2v) is 9.48. The highest BCUT2D eigenvalue weighted by atomic mass is 127. The van der Waals surface area contributed by atoms with Crippen LogP contribution in [-0.4, -0.2) is 8.96 Å². The van der Waals surface area contributed by atoms with Crippen molar-refractivity contribution in [1.82, 2.24) is 4.72 Å². The Hall–Kier alpha value is 0.0600. The molecular weight excluding hydrogens is 369 g/mol. The number of halogens is 1. The third-order valence-corrected chi connectivity index (χ3v) is 5.12. The lowest BCUT2D eigenvalue weighted by Crippen LogP contribution is -2.36. The third kappa shape index (κ3) is 5.92. The highest BCUT2D eigenvalue weighted by molar-refractivity contribution is 14.1. The van der Waals surface area contributed by atoms with Crippen molar-refractivity contribution in [1.29, 1.82) is 0 Å². The first kappa shape index (κ1) is 17.1. The van der Waals surface area contributed by atoms with Gasteiger partial charge in [0.2, 0.25) is 0 Å². The Morgan fingerprint density at radius 3 is 2.16 bits per heavy atom. The molecule has 0 bridgehead atoms. The van der Waals surface area contributed by atoms with Gasteiger partial charge in [-0.1, -0.05) is 26.0 Å². The van der Waals surface area contributed by atoms with E-state index in [0.717, 1.165) is 6.42 Å². The summed E-state index contributed by atoms with van der Waals surface area (Å²) in [5.41, 5.74) is 1.21. The van der Waals surface area contributed by atoms with Crippen LogP contribution in [0.3, 0.4) is 0 Å². The molecule has 0 spiro atoms. The standard InChI is InChI=1S/C15H24INOS/c1-11(2)10-14(17-19(18)15(3,4)5)12-6-8-13(16)9-7-12/h6-9,11,14,17H,10H2,1-5H3/t14-,19+/m1/s1. The fraction of sp³-hybridized carbons (Fsp3) is 0.600. The molecule has 1 aromatic carbocycles. The summed E-state index contributed by atoms with van der Waals surface area (Å²) in [7, 11) is -1.04. The van der Waals surface area contributed by atoms with E-state index in [2.05, 4.69) is 65.4 Å². The molecule has 1 N–H and O–H groups in total. The van der Waals surface area contributed by atoms with Crippen molar-refractivity contribution in [3.8, 4) is 0 Å². The van der Waals surface area contributed by atoms with Crippen molar-refractivity contribution in [2.24, 2.45) is 5.92 Å². The molecule has 0 saturated heterocycles. The zero-order chi connectivity index (χ0) is 14.6. The summed E-state index contributed by atoms with van der Waals surface area (Å²) in [6.45, 7) is 10.4. The molecule has 0 amide bonds. The Morgan fingerprint density at radius 2 is 1.74 bits per heavy atom. The number of rotatable bonds is 5. The monoisotopic (exact) mass is 393 g/mol. The van der Waals surface area contributed by atoms with E-state index in [1.54, 1.807) is 0 Å². The number of hydrogen-bond acceptors (Lipinski definition) is 1. The minimum atomic E-state index is -1.04. The summed E-state index contributed by atoms with van der Waals surface area (Å²) in [4.78, 5) is 0. The van der Waals surface area contributed by atoms with Gasteiger partial charge in [-0.15, -0.1) is 0 Å². The van der Waals surface area contributed by atoms with E-state index in [0.29, 0.717) is 5.92 Å². The van der Waals surface area contributed by atoms with E-state index in [1.807, 2.05) is 20.8 Å². The Kier molecular flexibility index (Phi) is 6.47. The first-order valence-electron chi connectivity index (χ1n) is 6.63. The molecule has 0 radical (unpaired) electrons. The molecule has 1 aromatic rings. The van der Waals surface area contributed by atoms with Gasteiger partial charge in [0.15, 0.2) is 0 Å². The zero-order valence-electron chi connectivity index (χ0n) is 12.4. The van der Waals surface area contributed by atoms with Gasteiger partial charge in [-0.3, -0.25) is 0 Å². The smallest absolute Gasteiger partial charge is 0.0975 e. The fourth-order valence-corrected chi connectivity index (χ4v) is 2.93. The summed E-state index contributed by atoms with van der Waals surface area (Å²) < 4.78 is 16.6. The van der Waals surface area contributed by atoms with Crippen molar-refractivity contribution in [2.75, 3.05) is 0 Å². The SMILES string of the molecule is CC(C)C[C@@H](N[S@@](=O)C(C)(C)C)c1ccc(I)cc1. The van der Waals surface area contributed by atoms with E-state index in [4.69, 9.17) is 0 Å². The van der Waals surface area contributed by atoms with Crippen LogP contribution in [0.15, 0.2) is 24.3 Å². The van der Waals surface area contributed by atoms with Crippen LogP contribution in [0.1, 0.15) is 52.6 Å². The summed E-state index contributed by atoms with van der Waals surface area (Å²) >= 11 is 2.30. The molecule has 4 heteroatoms. The maximum absolute atomic E-state index is 12.3. The predicted octanol–water partition coefficient (Wildman–Crippen LogP) is 4.43. The molecule has 1 rings (SSSR count). The lowest BCUT2D eigenvalue weighted by atomic mass is 9.98. The van der Waals surface area contributed by atoms with Crippen LogP contribution in [0.4, 0.5) is 0 Å². The van der Waals surface area contributed by atoms with Gasteiger partial charge in [0.25, 0.3) is 0 Å². The molecule has 19 heavy (non-hydrogen) atoms. The first-order valence-corrected chi connectivity index (χ1v) is 8.86. The van der Waals surface area contributed by atoms with Crippen molar-refractivity contribution >= 4 is 33.6 Å². The third-order valence-electron chi connectivity index (χ3n) is 2.78. The van der Waals surface area contributed by atoms with Crippen LogP contribution in [0, 0.1) is 9.49 Å². The molecule has 2 nitrogen and oxygen atoms in total. The van der Waals surface area contributed by atoms with Gasteiger partial charge in [-0.25, -0.2) is 8.93 Å². The number of nitrogens with one attached hydrogen (secondary N) is 1. The maximum atomic E-state index is 12.3. The average Bonchev–Trinajstić information content (AvgIpc) is 2.27. The van der Waals surface area contributed by atoms with Gasteiger partial charge in [0.1, 0.15) is 0 Å². The lowest BCUT2D eigenvalue weighted by Gasteiger charge is -2.25. The molecule has 0 aliphatic heterocycles. The largest absolute Gasteiger partial charge is 0.242 e. The quantitative estimate of drug-likeness (QED) is 0.737. The predicted molar refractivity (Wildman–Crippen MR) is 92.4 cm³/mol. The van der Waals surface area contributed by atoms with E-state index in [1.165, 1.54) is 9.13 Å². The Labute approximate surface area is 133 Å². The molecule has 0 aromatic heterocycles. The second kappa shape index (κ2) is 7.18. The fourth-order valence-electron chi connectivity index (χ4n) is 1.72. The van der Waals surface area contributed by atoms with E-state index >= 15 is 0 Å². The van der Waals surface area contributed by atoms with Crippen LogP contribution < -0.4 is 4.72 Å². The average molecular weight is 393 g/mol. The second-order valence-electron chi connectivity index (χ2n) is 6.23. The van der Waals surface area contributed by atoms with Gasteiger partial charge in [0.05, 0.1) is 15.7 Å². The number of benzene rings is 1. The van der Waals surface area contributed by atoms with Gasteiger partial charge < -0.3 is 0 Å². The Morgan fingerprint density at radius 1 is 1.21 bits per heavy atom. The molecule has 0 aliphatic rings. The van der Waals surface area contributed by atoms with Crippen LogP contribution in [0.2, 0.25) is 0 Å². The molecule has 108 valence electrons. The normalized spacial score (nSPS) is 15.5. The lowest BCUT2D eigenvalue weighted by molar-refractivity contribution is 0.480. The maximum Gasteiger partial charge on any atom is 0.0975 e. The van der Waals surface area contributed by atoms with E-state index < -0.39 is 11.0 Å². The van der Waals surface area contributed by atoms with Crippen molar-refractivity contribution in [3.05, 3.63) is 33.4 Å². The van der Waals surface area contributed by atoms with Crippen LogP contribution in [0.5, 0.6) is 0 Å². The first-order chi connectivity index (χ1) is 8.70. The van der Waals surface area contributed by atoms with Crippen molar-refractivity contribution in [2.45, 2.75) is 51.8 Å². The van der Waals surface area contributed by atoms with Crippen LogP contribution in [0.25, 0.3) is 0 Å². The van der Waals surface area contributed by atoms with Gasteiger partial charge in [0, 0.05) is 9.61 Å². The zero-order valence-corrected chi connectivity index (χ0v) is 15.3. The van der Waals surface area contributed by atoms with Gasteiger partial charge in [-0.2, -0.15) is 0 Å². The minimum absolute atomic E-state index is 0.150. The van der Waals surface area contributed by atoms with Crippen LogP contribution >= 0.6 is 22.6 Å². The van der Waals surface area contributed by atoms with Crippen molar-refractivity contribution < 1.29 is 4.21 Å². The molecular formula is C15H24INOS. The van der Waals surface area contributed by atoms with Crippen molar-refractivity contribution in [3.63, 3.8) is 0 Å². The molecule has 2 atom stereocenters. The summed E-state index contributed by atoms with van der Waals surface area (Å²) in [6.07, 6.45) is 0.989. The highest BCUT2D eigenvalue weighted by Gasteiger charge is 2.24. The van der Waals surface area contributed by atoms with Gasteiger partial charge >= 0.3 is 0 Å². The molecule has 0 unspecified atom stereocenters. The highest BCUT2D eigenvalue weighted by Crippen LogP contribution is 2.24. The molecule has 0 fully saturated rings. The van der Waals surface area contributed by atoms with Gasteiger partial charge in [-0.05, 0) is 73.4 Å². The Balaban J connectivity index is 2.89.